The monoisotopic (exact) mass is 171 g/mol. The highest BCUT2D eigenvalue weighted by Crippen LogP contribution is 2.00. The quantitative estimate of drug-likeness (QED) is 0.485. The van der Waals surface area contributed by atoms with Gasteiger partial charge >= 0.3 is 0 Å². The molecule has 2 amide bonds. The normalized spacial score (nSPS) is 22.2. The van der Waals surface area contributed by atoms with E-state index in [4.69, 9.17) is 5.73 Å². The van der Waals surface area contributed by atoms with E-state index < -0.39 is 0 Å². The molecule has 1 rings (SSSR count). The van der Waals surface area contributed by atoms with E-state index >= 15 is 0 Å². The average Bonchev–Trinajstić information content (AvgIpc) is 2.01. The van der Waals surface area contributed by atoms with Crippen molar-refractivity contribution in [3.05, 3.63) is 0 Å². The Bertz CT molecular complexity index is 189. The van der Waals surface area contributed by atoms with Crippen LogP contribution in [0.1, 0.15) is 6.92 Å². The van der Waals surface area contributed by atoms with Crippen LogP contribution in [0, 0.1) is 0 Å². The summed E-state index contributed by atoms with van der Waals surface area (Å²) in [5, 5.41) is 2.23. The Labute approximate surface area is 70.9 Å². The maximum Gasteiger partial charge on any atom is 0.240 e. The highest BCUT2D eigenvalue weighted by molar-refractivity contribution is 5.99. The van der Waals surface area contributed by atoms with Crippen molar-refractivity contribution in [3.8, 4) is 0 Å². The van der Waals surface area contributed by atoms with Crippen LogP contribution in [0.25, 0.3) is 0 Å². The highest BCUT2D eigenvalue weighted by atomic mass is 16.2. The summed E-state index contributed by atoms with van der Waals surface area (Å²) in [6.07, 6.45) is 0. The van der Waals surface area contributed by atoms with Gasteiger partial charge < -0.3 is 5.73 Å². The van der Waals surface area contributed by atoms with Crippen molar-refractivity contribution < 1.29 is 9.59 Å². The van der Waals surface area contributed by atoms with Crippen molar-refractivity contribution >= 4 is 11.8 Å². The number of amides is 2. The van der Waals surface area contributed by atoms with E-state index in [0.29, 0.717) is 6.54 Å². The first-order valence-electron chi connectivity index (χ1n) is 3.90. The molecule has 1 heterocycles. The molecular formula is C7H13N3O2. The minimum atomic E-state index is -0.244. The van der Waals surface area contributed by atoms with Crippen LogP contribution >= 0.6 is 0 Å². The molecule has 0 unspecified atom stereocenters. The molecule has 5 nitrogen and oxygen atoms in total. The molecule has 0 bridgehead atoms. The maximum absolute atomic E-state index is 10.9. The molecule has 68 valence electrons. The second kappa shape index (κ2) is 3.64. The maximum atomic E-state index is 10.9. The molecule has 0 aromatic heterocycles. The van der Waals surface area contributed by atoms with Gasteiger partial charge in [0.05, 0.1) is 13.1 Å². The van der Waals surface area contributed by atoms with Crippen molar-refractivity contribution in [1.29, 1.82) is 0 Å². The third-order valence-electron chi connectivity index (χ3n) is 1.94. The van der Waals surface area contributed by atoms with Crippen molar-refractivity contribution in [3.63, 3.8) is 0 Å². The zero-order valence-corrected chi connectivity index (χ0v) is 7.04. The second-order valence-electron chi connectivity index (χ2n) is 2.96. The second-order valence-corrected chi connectivity index (χ2v) is 2.96. The van der Waals surface area contributed by atoms with E-state index in [-0.39, 0.29) is 30.9 Å². The van der Waals surface area contributed by atoms with Gasteiger partial charge in [-0.2, -0.15) is 0 Å². The number of hydrogen-bond donors (Lipinski definition) is 2. The number of nitrogens with zero attached hydrogens (tertiary/aromatic N) is 1. The SMILES string of the molecule is C[C@@H](CN)N1CC(=O)NC(=O)C1. The molecule has 3 N–H and O–H groups in total. The van der Waals surface area contributed by atoms with Crippen molar-refractivity contribution in [2.45, 2.75) is 13.0 Å². The molecule has 1 fully saturated rings. The van der Waals surface area contributed by atoms with Crippen LogP contribution in [0.4, 0.5) is 0 Å². The van der Waals surface area contributed by atoms with Crippen LogP contribution in [0.15, 0.2) is 0 Å². The number of piperazine rings is 1. The third-order valence-corrected chi connectivity index (χ3v) is 1.94. The van der Waals surface area contributed by atoms with E-state index in [1.54, 1.807) is 4.90 Å². The number of carbonyl (C=O) groups is 2. The fourth-order valence-corrected chi connectivity index (χ4v) is 1.12. The number of imide groups is 1. The summed E-state index contributed by atoms with van der Waals surface area (Å²) in [4.78, 5) is 23.5. The van der Waals surface area contributed by atoms with Gasteiger partial charge in [0.2, 0.25) is 11.8 Å². The lowest BCUT2D eigenvalue weighted by molar-refractivity contribution is -0.136. The Balaban J connectivity index is 2.55. The Hall–Kier alpha value is -0.940. The summed E-state index contributed by atoms with van der Waals surface area (Å²) in [5.74, 6) is -0.488. The molecule has 5 heteroatoms. The molecule has 1 saturated heterocycles. The molecule has 1 atom stereocenters. The molecule has 1 aliphatic rings. The van der Waals surface area contributed by atoms with Crippen LogP contribution in [0.3, 0.4) is 0 Å². The van der Waals surface area contributed by atoms with Gasteiger partial charge in [0.1, 0.15) is 0 Å². The molecule has 0 aromatic rings. The Morgan fingerprint density at radius 1 is 1.50 bits per heavy atom. The average molecular weight is 171 g/mol. The van der Waals surface area contributed by atoms with Gasteiger partial charge in [-0.25, -0.2) is 0 Å². The standard InChI is InChI=1S/C7H13N3O2/c1-5(2-8)10-3-6(11)9-7(12)4-10/h5H,2-4,8H2,1H3,(H,9,11,12)/t5-/m0/s1. The zero-order valence-electron chi connectivity index (χ0n) is 7.04. The summed E-state index contributed by atoms with van der Waals surface area (Å²) in [5.41, 5.74) is 5.41. The Morgan fingerprint density at radius 2 is 2.00 bits per heavy atom. The largest absolute Gasteiger partial charge is 0.329 e. The van der Waals surface area contributed by atoms with Crippen LogP contribution in [-0.2, 0) is 9.59 Å². The fourth-order valence-electron chi connectivity index (χ4n) is 1.12. The molecule has 0 spiro atoms. The van der Waals surface area contributed by atoms with Crippen molar-refractivity contribution in [2.24, 2.45) is 5.73 Å². The van der Waals surface area contributed by atoms with Gasteiger partial charge in [-0.05, 0) is 6.92 Å². The lowest BCUT2D eigenvalue weighted by Crippen LogP contribution is -2.55. The predicted molar refractivity (Wildman–Crippen MR) is 43.2 cm³/mol. The molecule has 0 saturated carbocycles. The highest BCUT2D eigenvalue weighted by Gasteiger charge is 2.24. The van der Waals surface area contributed by atoms with Gasteiger partial charge in [0, 0.05) is 12.6 Å². The van der Waals surface area contributed by atoms with E-state index in [0.717, 1.165) is 0 Å². The Kier molecular flexibility index (Phi) is 2.78. The molecule has 0 aromatic carbocycles. The summed E-state index contributed by atoms with van der Waals surface area (Å²) in [6.45, 7) is 2.89. The lowest BCUT2D eigenvalue weighted by Gasteiger charge is -2.29. The number of hydrogen-bond acceptors (Lipinski definition) is 4. The Morgan fingerprint density at radius 3 is 2.42 bits per heavy atom. The number of rotatable bonds is 2. The molecular weight excluding hydrogens is 158 g/mol. The first-order chi connectivity index (χ1) is 5.63. The fraction of sp³-hybridized carbons (Fsp3) is 0.714. The van der Waals surface area contributed by atoms with E-state index in [9.17, 15) is 9.59 Å². The van der Waals surface area contributed by atoms with E-state index in [1.807, 2.05) is 6.92 Å². The lowest BCUT2D eigenvalue weighted by atomic mass is 10.2. The first kappa shape index (κ1) is 9.15. The minimum Gasteiger partial charge on any atom is -0.329 e. The van der Waals surface area contributed by atoms with Crippen molar-refractivity contribution in [2.75, 3.05) is 19.6 Å². The topological polar surface area (TPSA) is 75.4 Å². The first-order valence-corrected chi connectivity index (χ1v) is 3.90. The van der Waals surface area contributed by atoms with Crippen LogP contribution in [-0.4, -0.2) is 42.4 Å². The molecule has 0 aliphatic carbocycles. The van der Waals surface area contributed by atoms with Crippen LogP contribution in [0.2, 0.25) is 0 Å². The van der Waals surface area contributed by atoms with Gasteiger partial charge in [0.25, 0.3) is 0 Å². The van der Waals surface area contributed by atoms with Crippen LogP contribution in [0.5, 0.6) is 0 Å². The van der Waals surface area contributed by atoms with Gasteiger partial charge in [0.15, 0.2) is 0 Å². The third kappa shape index (κ3) is 2.02. The number of carbonyl (C=O) groups excluding carboxylic acids is 2. The summed E-state index contributed by atoms with van der Waals surface area (Å²) in [7, 11) is 0. The van der Waals surface area contributed by atoms with Gasteiger partial charge in [-0.1, -0.05) is 0 Å². The van der Waals surface area contributed by atoms with Gasteiger partial charge in [-0.15, -0.1) is 0 Å². The molecule has 12 heavy (non-hydrogen) atoms. The minimum absolute atomic E-state index is 0.0833. The summed E-state index contributed by atoms with van der Waals surface area (Å²) >= 11 is 0. The van der Waals surface area contributed by atoms with Gasteiger partial charge in [-0.3, -0.25) is 19.8 Å². The number of nitrogens with two attached hydrogens (primary N) is 1. The van der Waals surface area contributed by atoms with E-state index in [1.165, 1.54) is 0 Å². The van der Waals surface area contributed by atoms with E-state index in [2.05, 4.69) is 5.32 Å². The molecule has 0 radical (unpaired) electrons. The summed E-state index contributed by atoms with van der Waals surface area (Å²) < 4.78 is 0. The zero-order chi connectivity index (χ0) is 9.14. The van der Waals surface area contributed by atoms with Crippen LogP contribution < -0.4 is 11.1 Å². The summed E-state index contributed by atoms with van der Waals surface area (Å²) in [6, 6.07) is 0.0833. The van der Waals surface area contributed by atoms with Crippen molar-refractivity contribution in [1.82, 2.24) is 10.2 Å². The number of nitrogens with one attached hydrogen (secondary N) is 1. The molecule has 1 aliphatic heterocycles. The smallest absolute Gasteiger partial charge is 0.240 e. The predicted octanol–water partition coefficient (Wildman–Crippen LogP) is -1.71.